The Morgan fingerprint density at radius 2 is 1.80 bits per heavy atom. The molecule has 0 rings (SSSR count). The van der Waals surface area contributed by atoms with Crippen LogP contribution in [0, 0.1) is 0 Å². The Hall–Kier alpha value is -0.630. The number of carbonyl (C=O) groups is 1. The van der Waals surface area contributed by atoms with E-state index in [0.29, 0.717) is 11.0 Å². The molecule has 0 aliphatic heterocycles. The van der Waals surface area contributed by atoms with Crippen molar-refractivity contribution in [2.75, 3.05) is 34.8 Å². The molecule has 0 aliphatic rings. The zero-order valence-electron chi connectivity index (χ0n) is 11.7. The highest BCUT2D eigenvalue weighted by Gasteiger charge is 2.22. The van der Waals surface area contributed by atoms with Gasteiger partial charge in [0.1, 0.15) is 0 Å². The largest absolute Gasteiger partial charge is 0.593 e. The molecule has 0 amide bonds. The summed E-state index contributed by atoms with van der Waals surface area (Å²) in [6, 6.07) is 0. The smallest absolute Gasteiger partial charge is 0.466 e. The Balaban J connectivity index is 0. The van der Waals surface area contributed by atoms with Crippen LogP contribution in [0.5, 0.6) is 0 Å². The molecule has 0 saturated heterocycles. The Kier molecular flexibility index (Phi) is 10.1. The predicted octanol–water partition coefficient (Wildman–Crippen LogP) is -1.06. The van der Waals surface area contributed by atoms with E-state index in [0.717, 1.165) is 6.08 Å². The number of ether oxygens (including phenoxy) is 1. The van der Waals surface area contributed by atoms with Gasteiger partial charge in [0.15, 0.2) is 6.54 Å². The van der Waals surface area contributed by atoms with Crippen LogP contribution < -0.4 is 4.89 Å². The average Bonchev–Trinajstić information content (AvgIpc) is 2.21. The second-order valence-electron chi connectivity index (χ2n) is 4.43. The lowest BCUT2D eigenvalue weighted by molar-refractivity contribution is -0.861. The normalized spacial score (nSPS) is 12.8. The number of nitrogens with zero attached hydrogens (tertiary/aromatic N) is 1. The number of hydrogen-bond donors (Lipinski definition) is 3. The molecule has 0 heterocycles. The van der Waals surface area contributed by atoms with E-state index in [1.165, 1.54) is 7.11 Å². The van der Waals surface area contributed by atoms with E-state index >= 15 is 0 Å². The molecular formula is C9H20NO8P2+. The SMILES string of the molecule is C=CC(=O)O/[P+]([O-])=C(/C[N+](C)(C)C)OC.O=P(O)(O)O. The Labute approximate surface area is 118 Å². The van der Waals surface area contributed by atoms with Crippen molar-refractivity contribution in [1.29, 1.82) is 0 Å². The summed E-state index contributed by atoms with van der Waals surface area (Å²) in [5.74, 6) is -0.716. The van der Waals surface area contributed by atoms with Gasteiger partial charge in [-0.15, -0.1) is 0 Å². The van der Waals surface area contributed by atoms with Gasteiger partial charge in [0, 0.05) is 13.2 Å². The van der Waals surface area contributed by atoms with E-state index in [4.69, 9.17) is 24.0 Å². The van der Waals surface area contributed by atoms with Crippen molar-refractivity contribution < 1.29 is 42.7 Å². The lowest BCUT2D eigenvalue weighted by Gasteiger charge is -2.22. The van der Waals surface area contributed by atoms with Gasteiger partial charge in [0.2, 0.25) is 0 Å². The van der Waals surface area contributed by atoms with Crippen LogP contribution in [-0.2, 0) is 18.6 Å². The summed E-state index contributed by atoms with van der Waals surface area (Å²) < 4.78 is 18.9. The summed E-state index contributed by atoms with van der Waals surface area (Å²) in [4.78, 5) is 43.9. The highest BCUT2D eigenvalue weighted by molar-refractivity contribution is 7.47. The second kappa shape index (κ2) is 9.33. The minimum absolute atomic E-state index is 0.257. The van der Waals surface area contributed by atoms with E-state index in [1.807, 2.05) is 21.1 Å². The number of quaternary nitrogens is 1. The van der Waals surface area contributed by atoms with Gasteiger partial charge in [0.25, 0.3) is 0 Å². The van der Waals surface area contributed by atoms with Crippen molar-refractivity contribution in [2.24, 2.45) is 0 Å². The molecule has 0 fully saturated rings. The summed E-state index contributed by atoms with van der Waals surface area (Å²) in [5, 5.41) is 0. The van der Waals surface area contributed by atoms with E-state index in [1.54, 1.807) is 0 Å². The molecule has 0 spiro atoms. The number of methoxy groups -OCH3 is 1. The Morgan fingerprint density at radius 3 is 2.05 bits per heavy atom. The van der Waals surface area contributed by atoms with E-state index < -0.39 is 21.8 Å². The van der Waals surface area contributed by atoms with Gasteiger partial charge >= 0.3 is 27.3 Å². The Morgan fingerprint density at radius 1 is 1.40 bits per heavy atom. The summed E-state index contributed by atoms with van der Waals surface area (Å²) in [6.07, 6.45) is 0.965. The number of phosphoric acid groups is 1. The van der Waals surface area contributed by atoms with Crippen molar-refractivity contribution in [3.63, 3.8) is 0 Å². The fraction of sp³-hybridized carbons (Fsp3) is 0.556. The highest BCUT2D eigenvalue weighted by atomic mass is 31.2. The van der Waals surface area contributed by atoms with Gasteiger partial charge < -0.3 is 28.8 Å². The minimum atomic E-state index is -4.64. The van der Waals surface area contributed by atoms with Crippen LogP contribution in [0.4, 0.5) is 0 Å². The van der Waals surface area contributed by atoms with Crippen LogP contribution >= 0.6 is 15.8 Å². The molecule has 118 valence electrons. The fourth-order valence-electron chi connectivity index (χ4n) is 0.772. The number of likely N-dealkylation sites (N-methyl/N-ethyl adjacent to an activating group) is 1. The predicted molar refractivity (Wildman–Crippen MR) is 72.4 cm³/mol. The number of rotatable bonds is 5. The first-order chi connectivity index (χ1) is 8.80. The van der Waals surface area contributed by atoms with Crippen molar-refractivity contribution in [3.8, 4) is 0 Å². The third-order valence-electron chi connectivity index (χ3n) is 1.39. The van der Waals surface area contributed by atoms with E-state index in [9.17, 15) is 9.69 Å². The fourth-order valence-corrected chi connectivity index (χ4v) is 1.80. The zero-order valence-corrected chi connectivity index (χ0v) is 13.5. The van der Waals surface area contributed by atoms with Crippen LogP contribution in [0.3, 0.4) is 0 Å². The molecule has 1 atom stereocenters. The van der Waals surface area contributed by atoms with Crippen molar-refractivity contribution >= 4 is 27.3 Å². The zero-order chi connectivity index (χ0) is 16.6. The molecule has 0 aromatic heterocycles. The topological polar surface area (TPSA) is 136 Å². The maximum Gasteiger partial charge on any atom is 0.466 e. The van der Waals surface area contributed by atoms with Gasteiger partial charge in [-0.3, -0.25) is 0 Å². The molecule has 9 nitrogen and oxygen atoms in total. The molecule has 1 unspecified atom stereocenters. The molecule has 0 aliphatic carbocycles. The van der Waals surface area contributed by atoms with Gasteiger partial charge in [-0.25, -0.2) is 13.9 Å². The van der Waals surface area contributed by atoms with Crippen LogP contribution in [0.2, 0.25) is 0 Å². The first-order valence-electron chi connectivity index (χ1n) is 5.10. The lowest BCUT2D eigenvalue weighted by Crippen LogP contribution is -2.40. The highest BCUT2D eigenvalue weighted by Crippen LogP contribution is 2.25. The molecular weight excluding hydrogens is 312 g/mol. The molecule has 0 bridgehead atoms. The third kappa shape index (κ3) is 17.4. The van der Waals surface area contributed by atoms with Crippen molar-refractivity contribution in [3.05, 3.63) is 12.7 Å². The lowest BCUT2D eigenvalue weighted by atomic mass is 10.5. The first-order valence-corrected chi connectivity index (χ1v) is 7.84. The van der Waals surface area contributed by atoms with E-state index in [2.05, 4.69) is 11.1 Å². The molecule has 3 N–H and O–H groups in total. The number of hydrogen-bond acceptors (Lipinski definition) is 5. The maximum atomic E-state index is 11.5. The van der Waals surface area contributed by atoms with Crippen molar-refractivity contribution in [1.82, 2.24) is 0 Å². The number of carbonyl (C=O) groups excluding carboxylic acids is 1. The van der Waals surface area contributed by atoms with Crippen LogP contribution in [0.25, 0.3) is 0 Å². The van der Waals surface area contributed by atoms with Crippen LogP contribution in [0.1, 0.15) is 0 Å². The van der Waals surface area contributed by atoms with Gasteiger partial charge in [-0.05, 0) is 0 Å². The Bertz CT molecular complexity index is 400. The summed E-state index contributed by atoms with van der Waals surface area (Å²) >= 11 is 0. The van der Waals surface area contributed by atoms with Crippen molar-refractivity contribution in [2.45, 2.75) is 0 Å². The monoisotopic (exact) mass is 332 g/mol. The molecule has 20 heavy (non-hydrogen) atoms. The molecule has 0 aromatic carbocycles. The summed E-state index contributed by atoms with van der Waals surface area (Å²) in [7, 11) is 0.261. The van der Waals surface area contributed by atoms with Gasteiger partial charge in [0.05, 0.1) is 21.1 Å². The van der Waals surface area contributed by atoms with Crippen LogP contribution in [-0.4, -0.2) is 65.4 Å². The first kappa shape index (κ1) is 21.7. The van der Waals surface area contributed by atoms with Gasteiger partial charge in [-0.1, -0.05) is 6.58 Å². The summed E-state index contributed by atoms with van der Waals surface area (Å²) in [6.45, 7) is 3.63. The molecule has 0 saturated carbocycles. The average molecular weight is 332 g/mol. The van der Waals surface area contributed by atoms with Crippen LogP contribution in [0.15, 0.2) is 12.7 Å². The van der Waals surface area contributed by atoms with Gasteiger partial charge in [-0.2, -0.15) is 0 Å². The third-order valence-corrected chi connectivity index (χ3v) is 2.47. The second-order valence-corrected chi connectivity index (χ2v) is 6.65. The quantitative estimate of drug-likeness (QED) is 0.329. The molecule has 0 radical (unpaired) electrons. The minimum Gasteiger partial charge on any atom is -0.593 e. The maximum absolute atomic E-state index is 11.5. The summed E-state index contributed by atoms with van der Waals surface area (Å²) in [5.41, 5.74) is 0.257. The standard InChI is InChI=1S/C9H17NO4P.H3O4P/c1-6-8(11)14-15(12)9(13-5)7-10(2,3)4;1-5(2,3)4/h6H,1,7H2,2-5H3;(H3,1,2,3,4)/q+1;. The van der Waals surface area contributed by atoms with E-state index in [-0.39, 0.29) is 5.48 Å². The molecule has 11 heteroatoms. The molecule has 0 aromatic rings.